The number of amides is 1. The molecule has 0 radical (unpaired) electrons. The minimum Gasteiger partial charge on any atom is -0.478 e. The molecule has 0 aliphatic heterocycles. The number of rotatable bonds is 13. The molecule has 31 heavy (non-hydrogen) atoms. The fraction of sp³-hybridized carbons (Fsp3) is 0.462. The van der Waals surface area contributed by atoms with Crippen molar-refractivity contribution < 1.29 is 9.53 Å². The Morgan fingerprint density at radius 2 is 1.90 bits per heavy atom. The molecule has 1 aromatic carbocycles. The standard InChI is InChI=1S/C26H35BrN2O2/c1-20(2)19-28-25(30)17-21(3)11-9-7-5-4-6-8-10-16-31-26-15-12-22-18-23(27)13-14-24(22)29-26/h9,11-15,17-18,20H,4-8,10,16,19H2,1-3H3,(H,28,30). The van der Waals surface area contributed by atoms with Gasteiger partial charge in [-0.25, -0.2) is 4.98 Å². The van der Waals surface area contributed by atoms with Gasteiger partial charge in [0.15, 0.2) is 0 Å². The van der Waals surface area contributed by atoms with Gasteiger partial charge in [-0.1, -0.05) is 61.2 Å². The van der Waals surface area contributed by atoms with E-state index in [1.807, 2.05) is 37.3 Å². The Morgan fingerprint density at radius 3 is 2.71 bits per heavy atom. The number of nitrogens with one attached hydrogen (secondary N) is 1. The lowest BCUT2D eigenvalue weighted by Crippen LogP contribution is -2.25. The van der Waals surface area contributed by atoms with Crippen molar-refractivity contribution in [2.24, 2.45) is 5.92 Å². The number of ether oxygens (including phenoxy) is 1. The number of benzene rings is 1. The van der Waals surface area contributed by atoms with Crippen LogP contribution >= 0.6 is 15.9 Å². The minimum absolute atomic E-state index is 0.00923. The number of hydrogen-bond acceptors (Lipinski definition) is 3. The maximum Gasteiger partial charge on any atom is 0.244 e. The third kappa shape index (κ3) is 10.6. The molecule has 0 unspecified atom stereocenters. The Balaban J connectivity index is 1.52. The third-order valence-corrected chi connectivity index (χ3v) is 5.31. The second-order valence-corrected chi connectivity index (χ2v) is 9.24. The molecule has 0 fully saturated rings. The lowest BCUT2D eigenvalue weighted by Gasteiger charge is -2.06. The molecule has 1 amide bonds. The maximum atomic E-state index is 11.7. The zero-order valence-electron chi connectivity index (χ0n) is 19.0. The van der Waals surface area contributed by atoms with Crippen molar-refractivity contribution in [3.63, 3.8) is 0 Å². The molecule has 0 saturated heterocycles. The summed E-state index contributed by atoms with van der Waals surface area (Å²) in [5.74, 6) is 1.16. The molecule has 168 valence electrons. The van der Waals surface area contributed by atoms with Crippen LogP contribution < -0.4 is 10.1 Å². The molecule has 5 heteroatoms. The average Bonchev–Trinajstić information content (AvgIpc) is 2.73. The van der Waals surface area contributed by atoms with Crippen molar-refractivity contribution in [1.82, 2.24) is 10.3 Å². The summed E-state index contributed by atoms with van der Waals surface area (Å²) in [5, 5.41) is 4.01. The Hall–Kier alpha value is -2.14. The van der Waals surface area contributed by atoms with Gasteiger partial charge in [-0.3, -0.25) is 4.79 Å². The third-order valence-electron chi connectivity index (χ3n) is 4.81. The Bertz CT molecular complexity index is 890. The first kappa shape index (κ1) is 25.1. The molecule has 1 aromatic heterocycles. The average molecular weight is 487 g/mol. The summed E-state index contributed by atoms with van der Waals surface area (Å²) in [6, 6.07) is 10.0. The van der Waals surface area contributed by atoms with Crippen LogP contribution in [0.5, 0.6) is 5.88 Å². The summed E-state index contributed by atoms with van der Waals surface area (Å²) in [6.07, 6.45) is 12.7. The van der Waals surface area contributed by atoms with Gasteiger partial charge >= 0.3 is 0 Å². The van der Waals surface area contributed by atoms with Gasteiger partial charge in [0.1, 0.15) is 0 Å². The number of aromatic nitrogens is 1. The van der Waals surface area contributed by atoms with Crippen LogP contribution in [0.3, 0.4) is 0 Å². The molecular formula is C26H35BrN2O2. The summed E-state index contributed by atoms with van der Waals surface area (Å²) >= 11 is 3.48. The van der Waals surface area contributed by atoms with Gasteiger partial charge < -0.3 is 10.1 Å². The van der Waals surface area contributed by atoms with Gasteiger partial charge in [-0.15, -0.1) is 0 Å². The van der Waals surface area contributed by atoms with Gasteiger partial charge in [-0.2, -0.15) is 0 Å². The van der Waals surface area contributed by atoms with Crippen molar-refractivity contribution in [2.45, 2.75) is 59.3 Å². The van der Waals surface area contributed by atoms with Crippen molar-refractivity contribution in [3.8, 4) is 5.88 Å². The van der Waals surface area contributed by atoms with Crippen LogP contribution in [-0.4, -0.2) is 24.0 Å². The second kappa shape index (κ2) is 14.0. The highest BCUT2D eigenvalue weighted by molar-refractivity contribution is 9.10. The van der Waals surface area contributed by atoms with Gasteiger partial charge in [-0.05, 0) is 61.9 Å². The quantitative estimate of drug-likeness (QED) is 0.188. The van der Waals surface area contributed by atoms with Crippen LogP contribution in [0.25, 0.3) is 10.9 Å². The van der Waals surface area contributed by atoms with Gasteiger partial charge in [0.05, 0.1) is 12.1 Å². The number of carbonyl (C=O) groups is 1. The van der Waals surface area contributed by atoms with Crippen LogP contribution in [0.1, 0.15) is 59.3 Å². The lowest BCUT2D eigenvalue weighted by molar-refractivity contribution is -0.116. The molecule has 0 aliphatic rings. The lowest BCUT2D eigenvalue weighted by atomic mass is 10.1. The number of halogens is 1. The van der Waals surface area contributed by atoms with Gasteiger partial charge in [0.2, 0.25) is 11.8 Å². The monoisotopic (exact) mass is 486 g/mol. The van der Waals surface area contributed by atoms with E-state index in [9.17, 15) is 4.79 Å². The smallest absolute Gasteiger partial charge is 0.244 e. The highest BCUT2D eigenvalue weighted by Crippen LogP contribution is 2.21. The molecule has 0 spiro atoms. The van der Waals surface area contributed by atoms with E-state index < -0.39 is 0 Å². The van der Waals surface area contributed by atoms with Crippen LogP contribution in [-0.2, 0) is 4.79 Å². The van der Waals surface area contributed by atoms with Crippen molar-refractivity contribution in [2.75, 3.05) is 13.2 Å². The van der Waals surface area contributed by atoms with E-state index in [1.165, 1.54) is 25.7 Å². The molecular weight excluding hydrogens is 452 g/mol. The zero-order chi connectivity index (χ0) is 22.5. The first-order valence-corrected chi connectivity index (χ1v) is 12.0. The van der Waals surface area contributed by atoms with E-state index in [1.54, 1.807) is 6.08 Å². The van der Waals surface area contributed by atoms with E-state index in [2.05, 4.69) is 52.2 Å². The predicted molar refractivity (Wildman–Crippen MR) is 133 cm³/mol. The van der Waals surface area contributed by atoms with Crippen molar-refractivity contribution in [3.05, 3.63) is 58.6 Å². The molecule has 0 saturated carbocycles. The second-order valence-electron chi connectivity index (χ2n) is 8.32. The molecule has 0 aliphatic carbocycles. The highest BCUT2D eigenvalue weighted by Gasteiger charge is 2.01. The summed E-state index contributed by atoms with van der Waals surface area (Å²) in [4.78, 5) is 16.3. The van der Waals surface area contributed by atoms with Crippen LogP contribution in [0.4, 0.5) is 0 Å². The largest absolute Gasteiger partial charge is 0.478 e. The number of unbranched alkanes of at least 4 members (excludes halogenated alkanes) is 5. The van der Waals surface area contributed by atoms with E-state index in [0.717, 1.165) is 33.8 Å². The first-order chi connectivity index (χ1) is 14.9. The maximum absolute atomic E-state index is 11.7. The van der Waals surface area contributed by atoms with Crippen LogP contribution in [0.15, 0.2) is 58.6 Å². The molecule has 1 N–H and O–H groups in total. The number of hydrogen-bond donors (Lipinski definition) is 1. The van der Waals surface area contributed by atoms with E-state index in [0.29, 0.717) is 24.9 Å². The number of nitrogens with zero attached hydrogens (tertiary/aromatic N) is 1. The predicted octanol–water partition coefficient (Wildman–Crippen LogP) is 6.99. The molecule has 0 bridgehead atoms. The normalized spacial score (nSPS) is 12.1. The topological polar surface area (TPSA) is 51.2 Å². The number of fused-ring (bicyclic) bond motifs is 1. The summed E-state index contributed by atoms with van der Waals surface area (Å²) in [5.41, 5.74) is 1.95. The van der Waals surface area contributed by atoms with Gasteiger partial charge in [0.25, 0.3) is 0 Å². The Morgan fingerprint density at radius 1 is 1.13 bits per heavy atom. The number of allylic oxidation sites excluding steroid dienone is 3. The Labute approximate surface area is 195 Å². The van der Waals surface area contributed by atoms with Gasteiger partial charge in [0, 0.05) is 28.5 Å². The van der Waals surface area contributed by atoms with E-state index in [-0.39, 0.29) is 5.91 Å². The first-order valence-electron chi connectivity index (χ1n) is 11.3. The summed E-state index contributed by atoms with van der Waals surface area (Å²) in [7, 11) is 0. The van der Waals surface area contributed by atoms with Crippen LogP contribution in [0, 0.1) is 5.92 Å². The van der Waals surface area contributed by atoms with Crippen LogP contribution in [0.2, 0.25) is 0 Å². The SMILES string of the molecule is CC(C=CCCCCCCCOc1ccc2cc(Br)ccc2n1)=CC(=O)NCC(C)C. The molecule has 2 aromatic rings. The summed E-state index contributed by atoms with van der Waals surface area (Å²) < 4.78 is 6.86. The molecule has 1 heterocycles. The van der Waals surface area contributed by atoms with Crippen molar-refractivity contribution >= 4 is 32.7 Å². The molecule has 2 rings (SSSR count). The zero-order valence-corrected chi connectivity index (χ0v) is 20.6. The number of pyridine rings is 1. The highest BCUT2D eigenvalue weighted by atomic mass is 79.9. The number of carbonyl (C=O) groups excluding carboxylic acids is 1. The minimum atomic E-state index is -0.00923. The molecule has 0 atom stereocenters. The van der Waals surface area contributed by atoms with Crippen molar-refractivity contribution in [1.29, 1.82) is 0 Å². The van der Waals surface area contributed by atoms with E-state index >= 15 is 0 Å². The fourth-order valence-corrected chi connectivity index (χ4v) is 3.49. The Kier molecular flexibility index (Phi) is 11.4. The summed E-state index contributed by atoms with van der Waals surface area (Å²) in [6.45, 7) is 7.57. The van der Waals surface area contributed by atoms with E-state index in [4.69, 9.17) is 4.74 Å². The molecule has 4 nitrogen and oxygen atoms in total. The fourth-order valence-electron chi connectivity index (χ4n) is 3.11.